The van der Waals surface area contributed by atoms with Gasteiger partial charge in [0.25, 0.3) is 0 Å². The first-order valence-corrected chi connectivity index (χ1v) is 10.5. The quantitative estimate of drug-likeness (QED) is 0.571. The third-order valence-electron chi connectivity index (χ3n) is 6.68. The molecular weight excluding hydrogens is 408 g/mol. The third-order valence-corrected chi connectivity index (χ3v) is 6.68. The lowest BCUT2D eigenvalue weighted by Crippen LogP contribution is -2.39. The molecule has 2 fully saturated rings. The van der Waals surface area contributed by atoms with Gasteiger partial charge in [0.05, 0.1) is 17.1 Å². The number of benzene rings is 1. The molecule has 1 saturated heterocycles. The highest BCUT2D eigenvalue weighted by molar-refractivity contribution is 5.86. The Morgan fingerprint density at radius 3 is 2.74 bits per heavy atom. The van der Waals surface area contributed by atoms with Gasteiger partial charge in [-0.25, -0.2) is 13.6 Å². The van der Waals surface area contributed by atoms with Crippen LogP contribution in [0.1, 0.15) is 25.3 Å². The van der Waals surface area contributed by atoms with Gasteiger partial charge in [0.1, 0.15) is 11.5 Å². The lowest BCUT2D eigenvalue weighted by Gasteiger charge is -2.28. The summed E-state index contributed by atoms with van der Waals surface area (Å²) in [5.41, 5.74) is -0.977. The molecule has 1 saturated carbocycles. The van der Waals surface area contributed by atoms with Crippen molar-refractivity contribution < 1.29 is 23.4 Å². The van der Waals surface area contributed by atoms with Crippen molar-refractivity contribution in [2.45, 2.75) is 31.3 Å². The topological polar surface area (TPSA) is 83.8 Å². The second kappa shape index (κ2) is 7.33. The normalized spacial score (nSPS) is 25.1. The zero-order valence-electron chi connectivity index (χ0n) is 17.0. The van der Waals surface area contributed by atoms with Gasteiger partial charge in [0.15, 0.2) is 11.6 Å². The number of hydrogen-bond acceptors (Lipinski definition) is 5. The van der Waals surface area contributed by atoms with E-state index in [-0.39, 0.29) is 40.5 Å². The molecule has 0 spiro atoms. The van der Waals surface area contributed by atoms with Crippen molar-refractivity contribution in [3.63, 3.8) is 0 Å². The van der Waals surface area contributed by atoms with Crippen LogP contribution >= 0.6 is 0 Å². The highest BCUT2D eigenvalue weighted by Crippen LogP contribution is 2.42. The first-order valence-electron chi connectivity index (χ1n) is 10.5. The Kier molecular flexibility index (Phi) is 4.73. The second-order valence-corrected chi connectivity index (χ2v) is 8.54. The minimum absolute atomic E-state index is 0.00257. The van der Waals surface area contributed by atoms with Crippen molar-refractivity contribution in [2.75, 3.05) is 25.0 Å². The molecule has 2 heterocycles. The Balaban J connectivity index is 1.64. The minimum atomic E-state index is -1.65. The molecule has 9 heteroatoms. The Bertz CT molecular complexity index is 1160. The Hall–Kier alpha value is -2.94. The van der Waals surface area contributed by atoms with E-state index in [4.69, 9.17) is 5.11 Å². The van der Waals surface area contributed by atoms with Crippen molar-refractivity contribution >= 4 is 22.7 Å². The Labute approximate surface area is 176 Å². The number of nitrogens with zero attached hydrogens (tertiary/aromatic N) is 2. The van der Waals surface area contributed by atoms with Crippen LogP contribution in [0.25, 0.3) is 10.9 Å². The summed E-state index contributed by atoms with van der Waals surface area (Å²) in [6.45, 7) is 1.00. The molecule has 0 bridgehead atoms. The van der Waals surface area contributed by atoms with E-state index in [1.165, 1.54) is 10.8 Å². The molecule has 2 aliphatic carbocycles. The number of hydrogen-bond donors (Lipinski definition) is 2. The predicted molar refractivity (Wildman–Crippen MR) is 111 cm³/mol. The summed E-state index contributed by atoms with van der Waals surface area (Å²) in [7, 11) is 1.89. The summed E-state index contributed by atoms with van der Waals surface area (Å²) in [6, 6.07) is 1.17. The molecule has 0 radical (unpaired) electrons. The first kappa shape index (κ1) is 20.0. The van der Waals surface area contributed by atoms with E-state index >= 15 is 8.78 Å². The number of rotatable bonds is 4. The van der Waals surface area contributed by atoms with Gasteiger partial charge in [-0.15, -0.1) is 0 Å². The minimum Gasteiger partial charge on any atom is -0.449 e. The summed E-state index contributed by atoms with van der Waals surface area (Å²) in [6.07, 6.45) is 6.20. The number of anilines is 1. The summed E-state index contributed by atoms with van der Waals surface area (Å²) >= 11 is 0. The van der Waals surface area contributed by atoms with Crippen LogP contribution in [0.15, 0.2) is 29.2 Å². The highest BCUT2D eigenvalue weighted by atomic mass is 19.1. The maximum Gasteiger partial charge on any atom is 0.511 e. The van der Waals surface area contributed by atoms with Crippen molar-refractivity contribution in [1.29, 1.82) is 0 Å². The fourth-order valence-corrected chi connectivity index (χ4v) is 5.08. The van der Waals surface area contributed by atoms with Crippen LogP contribution in [0.5, 0.6) is 5.75 Å². The lowest BCUT2D eigenvalue weighted by molar-refractivity contribution is 0.143. The molecule has 1 aliphatic heterocycles. The van der Waals surface area contributed by atoms with Crippen LogP contribution in [0.4, 0.5) is 19.3 Å². The smallest absolute Gasteiger partial charge is 0.449 e. The summed E-state index contributed by atoms with van der Waals surface area (Å²) < 4.78 is 37.1. The fourth-order valence-electron chi connectivity index (χ4n) is 5.08. The molecule has 7 nitrogen and oxygen atoms in total. The van der Waals surface area contributed by atoms with Crippen molar-refractivity contribution in [3.8, 4) is 5.75 Å². The fraction of sp³-hybridized carbons (Fsp3) is 0.455. The largest absolute Gasteiger partial charge is 0.511 e. The number of fused-ring (bicyclic) bond motifs is 2. The van der Waals surface area contributed by atoms with Crippen LogP contribution in [0.3, 0.4) is 0 Å². The molecule has 3 unspecified atom stereocenters. The Morgan fingerprint density at radius 1 is 1.29 bits per heavy atom. The van der Waals surface area contributed by atoms with E-state index in [1.54, 1.807) is 4.90 Å². The van der Waals surface area contributed by atoms with E-state index in [0.29, 0.717) is 13.1 Å². The monoisotopic (exact) mass is 431 g/mol. The highest BCUT2D eigenvalue weighted by Gasteiger charge is 2.40. The molecule has 2 N–H and O–H groups in total. The molecule has 164 valence electrons. The van der Waals surface area contributed by atoms with E-state index in [1.807, 2.05) is 7.05 Å². The van der Waals surface area contributed by atoms with Crippen LogP contribution in [0.2, 0.25) is 0 Å². The van der Waals surface area contributed by atoms with Gasteiger partial charge in [0, 0.05) is 31.1 Å². The molecule has 5 rings (SSSR count). The number of ether oxygens (including phenoxy) is 1. The van der Waals surface area contributed by atoms with Gasteiger partial charge in [0.2, 0.25) is 5.43 Å². The summed E-state index contributed by atoms with van der Waals surface area (Å²) in [5.74, 6) is -1.64. The van der Waals surface area contributed by atoms with Crippen LogP contribution in [-0.2, 0) is 0 Å². The molecular formula is C22H23F2N3O4. The zero-order valence-corrected chi connectivity index (χ0v) is 17.0. The van der Waals surface area contributed by atoms with E-state index in [9.17, 15) is 9.59 Å². The maximum atomic E-state index is 15.8. The van der Waals surface area contributed by atoms with Gasteiger partial charge in [-0.2, -0.15) is 0 Å². The second-order valence-electron chi connectivity index (χ2n) is 8.54. The molecule has 0 amide bonds. The molecule has 31 heavy (non-hydrogen) atoms. The zero-order chi connectivity index (χ0) is 21.9. The number of pyridine rings is 1. The molecule has 1 aromatic heterocycles. The van der Waals surface area contributed by atoms with Crippen molar-refractivity contribution in [2.24, 2.45) is 11.8 Å². The number of nitrogens with one attached hydrogen (secondary N) is 1. The van der Waals surface area contributed by atoms with Gasteiger partial charge < -0.3 is 24.6 Å². The molecule has 1 aromatic carbocycles. The summed E-state index contributed by atoms with van der Waals surface area (Å²) in [5, 5.41) is 12.0. The van der Waals surface area contributed by atoms with Crippen LogP contribution in [-0.4, -0.2) is 42.0 Å². The van der Waals surface area contributed by atoms with Gasteiger partial charge >= 0.3 is 6.16 Å². The van der Waals surface area contributed by atoms with Crippen molar-refractivity contribution in [3.05, 3.63) is 46.3 Å². The first-order chi connectivity index (χ1) is 14.9. The van der Waals surface area contributed by atoms with E-state index < -0.39 is 29.0 Å². The van der Waals surface area contributed by atoms with Crippen LogP contribution in [0, 0.1) is 23.5 Å². The van der Waals surface area contributed by atoms with Gasteiger partial charge in [-0.3, -0.25) is 4.79 Å². The van der Waals surface area contributed by atoms with Gasteiger partial charge in [-0.05, 0) is 38.3 Å². The van der Waals surface area contributed by atoms with E-state index in [0.717, 1.165) is 25.3 Å². The number of aromatic nitrogens is 1. The van der Waals surface area contributed by atoms with E-state index in [2.05, 4.69) is 22.2 Å². The van der Waals surface area contributed by atoms with Crippen LogP contribution < -0.4 is 20.4 Å². The average molecular weight is 431 g/mol. The number of carbonyl (C=O) groups is 1. The third kappa shape index (κ3) is 3.27. The summed E-state index contributed by atoms with van der Waals surface area (Å²) in [4.78, 5) is 25.4. The Morgan fingerprint density at radius 2 is 2.06 bits per heavy atom. The predicted octanol–water partition coefficient (Wildman–Crippen LogP) is 3.27. The SMILES string of the molecule is CNC1CC=CC2CN(c3c(F)cc4c(=O)c(OC(=O)O)cn(C5CC5)c4c3F)CC21. The lowest BCUT2D eigenvalue weighted by atomic mass is 9.83. The van der Waals surface area contributed by atoms with Gasteiger partial charge in [-0.1, -0.05) is 12.2 Å². The molecule has 3 aliphatic rings. The molecule has 3 atom stereocenters. The number of carboxylic acid groups (broad SMARTS) is 1. The standard InChI is InChI=1S/C22H23F2N3O4/c1-25-16-4-2-3-11-8-26(9-14(11)16)20-15(23)7-13-19(18(20)24)27(12-5-6-12)10-17(21(13)28)31-22(29)30/h2-3,7,10-12,14,16,25H,4-6,8-9H2,1H3,(H,29,30). The average Bonchev–Trinajstić information content (AvgIpc) is 3.48. The maximum absolute atomic E-state index is 15.8. The number of halogens is 2. The van der Waals surface area contributed by atoms with Crippen molar-refractivity contribution in [1.82, 2.24) is 9.88 Å². The molecule has 2 aromatic rings.